The van der Waals surface area contributed by atoms with Crippen LogP contribution < -0.4 is 5.32 Å². The molecule has 1 aliphatic carbocycles. The maximum absolute atomic E-state index is 12.6. The standard InChI is InChI=1S/C14H15F3N2O2/c1-2-8-5-9-10-7-18-3-4-19(10)13(20)12(9)11(6-8)21-14(15,16)17/h5-6,12,18H,2-4,7H2,1H3. The predicted molar refractivity (Wildman–Crippen MR) is 68.7 cm³/mol. The van der Waals surface area contributed by atoms with Crippen molar-refractivity contribution in [3.63, 3.8) is 0 Å². The first-order valence-corrected chi connectivity index (χ1v) is 6.83. The summed E-state index contributed by atoms with van der Waals surface area (Å²) in [5, 5.41) is 3.14. The molecule has 3 rings (SSSR count). The van der Waals surface area contributed by atoms with E-state index in [4.69, 9.17) is 0 Å². The van der Waals surface area contributed by atoms with E-state index in [2.05, 4.69) is 10.1 Å². The second-order valence-corrected chi connectivity index (χ2v) is 5.17. The molecule has 0 aromatic carbocycles. The zero-order valence-electron chi connectivity index (χ0n) is 11.5. The van der Waals surface area contributed by atoms with Gasteiger partial charge in [0, 0.05) is 25.3 Å². The van der Waals surface area contributed by atoms with Crippen LogP contribution in [-0.4, -0.2) is 36.8 Å². The number of rotatable bonds is 2. The normalized spacial score (nSPS) is 25.4. The van der Waals surface area contributed by atoms with Gasteiger partial charge in [-0.25, -0.2) is 0 Å². The van der Waals surface area contributed by atoms with Gasteiger partial charge >= 0.3 is 6.36 Å². The first kappa shape index (κ1) is 14.2. The number of piperazine rings is 1. The first-order valence-electron chi connectivity index (χ1n) is 6.83. The Balaban J connectivity index is 2.03. The van der Waals surface area contributed by atoms with Gasteiger partial charge in [0.15, 0.2) is 0 Å². The van der Waals surface area contributed by atoms with E-state index in [1.165, 1.54) is 6.08 Å². The molecule has 0 aromatic rings. The zero-order valence-corrected chi connectivity index (χ0v) is 11.5. The first-order chi connectivity index (χ1) is 9.90. The van der Waals surface area contributed by atoms with Crippen LogP contribution in [0.1, 0.15) is 13.3 Å². The molecule has 1 atom stereocenters. The van der Waals surface area contributed by atoms with Crippen LogP contribution in [0.4, 0.5) is 13.2 Å². The molecule has 2 aliphatic heterocycles. The van der Waals surface area contributed by atoms with Crippen molar-refractivity contribution in [3.05, 3.63) is 34.8 Å². The Bertz CT molecular complexity index is 575. The number of hydrogen-bond donors (Lipinski definition) is 1. The van der Waals surface area contributed by atoms with E-state index in [-0.39, 0.29) is 11.7 Å². The molecule has 7 heteroatoms. The average molecular weight is 300 g/mol. The predicted octanol–water partition coefficient (Wildman–Crippen LogP) is 2.07. The minimum atomic E-state index is -4.79. The summed E-state index contributed by atoms with van der Waals surface area (Å²) in [4.78, 5) is 14.0. The van der Waals surface area contributed by atoms with E-state index in [0.29, 0.717) is 31.6 Å². The summed E-state index contributed by atoms with van der Waals surface area (Å²) in [6.45, 7) is 3.46. The van der Waals surface area contributed by atoms with Gasteiger partial charge in [-0.1, -0.05) is 13.0 Å². The maximum atomic E-state index is 12.6. The van der Waals surface area contributed by atoms with E-state index >= 15 is 0 Å². The van der Waals surface area contributed by atoms with Gasteiger partial charge in [-0.05, 0) is 23.6 Å². The molecule has 2 heterocycles. The van der Waals surface area contributed by atoms with Gasteiger partial charge in [-0.3, -0.25) is 4.79 Å². The largest absolute Gasteiger partial charge is 0.572 e. The van der Waals surface area contributed by atoms with Crippen molar-refractivity contribution in [2.75, 3.05) is 19.6 Å². The molecule has 1 amide bonds. The van der Waals surface area contributed by atoms with Crippen LogP contribution in [0.3, 0.4) is 0 Å². The summed E-state index contributed by atoms with van der Waals surface area (Å²) < 4.78 is 41.9. The van der Waals surface area contributed by atoms with Gasteiger partial charge in [-0.15, -0.1) is 13.2 Å². The number of fused-ring (bicyclic) bond motifs is 2. The molecule has 4 nitrogen and oxygen atoms in total. The molecule has 1 unspecified atom stereocenters. The van der Waals surface area contributed by atoms with Crippen molar-refractivity contribution in [2.24, 2.45) is 5.92 Å². The molecule has 21 heavy (non-hydrogen) atoms. The molecule has 114 valence electrons. The Morgan fingerprint density at radius 1 is 1.43 bits per heavy atom. The monoisotopic (exact) mass is 300 g/mol. The summed E-state index contributed by atoms with van der Waals surface area (Å²) >= 11 is 0. The lowest BCUT2D eigenvalue weighted by Crippen LogP contribution is -2.43. The molecule has 1 fully saturated rings. The summed E-state index contributed by atoms with van der Waals surface area (Å²) in [6.07, 6.45) is -1.06. The Kier molecular flexibility index (Phi) is 3.32. The Morgan fingerprint density at radius 2 is 2.19 bits per heavy atom. The zero-order chi connectivity index (χ0) is 15.2. The van der Waals surface area contributed by atoms with Gasteiger partial charge in [0.05, 0.1) is 0 Å². The molecule has 3 aliphatic rings. The van der Waals surface area contributed by atoms with Crippen molar-refractivity contribution in [1.82, 2.24) is 10.2 Å². The second-order valence-electron chi connectivity index (χ2n) is 5.17. The fourth-order valence-electron chi connectivity index (χ4n) is 2.96. The van der Waals surface area contributed by atoms with E-state index in [0.717, 1.165) is 11.3 Å². The smallest absolute Gasteiger partial charge is 0.409 e. The van der Waals surface area contributed by atoms with E-state index in [1.54, 1.807) is 4.90 Å². The summed E-state index contributed by atoms with van der Waals surface area (Å²) in [6, 6.07) is 0. The number of carbonyl (C=O) groups excluding carboxylic acids is 1. The van der Waals surface area contributed by atoms with E-state index in [1.807, 2.05) is 13.0 Å². The number of alkyl halides is 3. The highest BCUT2D eigenvalue weighted by Crippen LogP contribution is 2.42. The lowest BCUT2D eigenvalue weighted by Gasteiger charge is -2.26. The van der Waals surface area contributed by atoms with E-state index < -0.39 is 12.3 Å². The van der Waals surface area contributed by atoms with Gasteiger partial charge < -0.3 is 15.0 Å². The van der Waals surface area contributed by atoms with Crippen molar-refractivity contribution in [3.8, 4) is 0 Å². The molecular formula is C14H15F3N2O2. The number of nitrogens with zero attached hydrogens (tertiary/aromatic N) is 1. The Labute approximate surface area is 119 Å². The highest BCUT2D eigenvalue weighted by Gasteiger charge is 2.46. The molecule has 1 saturated heterocycles. The minimum absolute atomic E-state index is 0.316. The van der Waals surface area contributed by atoms with Crippen LogP contribution in [0.5, 0.6) is 0 Å². The fraction of sp³-hybridized carbons (Fsp3) is 0.500. The number of carbonyl (C=O) groups is 1. The van der Waals surface area contributed by atoms with Gasteiger partial charge in [0.1, 0.15) is 11.7 Å². The van der Waals surface area contributed by atoms with E-state index in [9.17, 15) is 18.0 Å². The molecule has 0 radical (unpaired) electrons. The van der Waals surface area contributed by atoms with Crippen LogP contribution in [0.25, 0.3) is 0 Å². The number of hydrogen-bond acceptors (Lipinski definition) is 3. The lowest BCUT2D eigenvalue weighted by atomic mass is 9.89. The third kappa shape index (κ3) is 2.46. The molecule has 0 saturated carbocycles. The van der Waals surface area contributed by atoms with Gasteiger partial charge in [-0.2, -0.15) is 0 Å². The second kappa shape index (κ2) is 4.91. The van der Waals surface area contributed by atoms with Crippen LogP contribution in [0.2, 0.25) is 0 Å². The van der Waals surface area contributed by atoms with Crippen LogP contribution in [-0.2, 0) is 9.53 Å². The number of halogens is 3. The number of nitrogens with one attached hydrogen (secondary N) is 1. The molecule has 1 N–H and O–H groups in total. The number of allylic oxidation sites excluding steroid dienone is 3. The van der Waals surface area contributed by atoms with Crippen molar-refractivity contribution in [2.45, 2.75) is 19.7 Å². The van der Waals surface area contributed by atoms with Crippen LogP contribution in [0.15, 0.2) is 34.8 Å². The van der Waals surface area contributed by atoms with Gasteiger partial charge in [0.2, 0.25) is 5.91 Å². The fourth-order valence-corrected chi connectivity index (χ4v) is 2.96. The highest BCUT2D eigenvalue weighted by atomic mass is 19.4. The summed E-state index contributed by atoms with van der Waals surface area (Å²) in [5.41, 5.74) is 2.12. The third-order valence-corrected chi connectivity index (χ3v) is 3.88. The number of ether oxygens (including phenoxy) is 1. The third-order valence-electron chi connectivity index (χ3n) is 3.88. The Hall–Kier alpha value is -1.76. The topological polar surface area (TPSA) is 41.6 Å². The number of amides is 1. The summed E-state index contributed by atoms with van der Waals surface area (Å²) in [5.74, 6) is -1.61. The maximum Gasteiger partial charge on any atom is 0.572 e. The van der Waals surface area contributed by atoms with Crippen molar-refractivity contribution >= 4 is 5.91 Å². The quantitative estimate of drug-likeness (QED) is 0.849. The molecule has 0 aromatic heterocycles. The molecular weight excluding hydrogens is 285 g/mol. The minimum Gasteiger partial charge on any atom is -0.409 e. The average Bonchev–Trinajstić information content (AvgIpc) is 2.71. The van der Waals surface area contributed by atoms with Crippen molar-refractivity contribution in [1.29, 1.82) is 0 Å². The van der Waals surface area contributed by atoms with Crippen molar-refractivity contribution < 1.29 is 22.7 Å². The Morgan fingerprint density at radius 3 is 2.86 bits per heavy atom. The molecule has 0 spiro atoms. The molecule has 0 bridgehead atoms. The summed E-state index contributed by atoms with van der Waals surface area (Å²) in [7, 11) is 0. The van der Waals surface area contributed by atoms with Gasteiger partial charge in [0.25, 0.3) is 0 Å². The van der Waals surface area contributed by atoms with Crippen LogP contribution in [0, 0.1) is 5.92 Å². The van der Waals surface area contributed by atoms with Crippen LogP contribution >= 0.6 is 0 Å². The lowest BCUT2D eigenvalue weighted by molar-refractivity contribution is -0.307. The SMILES string of the molecule is CCC1=CC2=C3CNCCN3C(=O)C2C(OC(F)(F)F)=C1. The highest BCUT2D eigenvalue weighted by molar-refractivity contribution is 5.91.